The average Bonchev–Trinajstić information content (AvgIpc) is 2.50. The predicted octanol–water partition coefficient (Wildman–Crippen LogP) is 5.13. The zero-order valence-electron chi connectivity index (χ0n) is 13.5. The maximum atomic E-state index is 10.3. The van der Waals surface area contributed by atoms with Crippen molar-refractivity contribution in [2.75, 3.05) is 6.61 Å². The molecule has 0 aliphatic rings. The van der Waals surface area contributed by atoms with Crippen LogP contribution in [-0.2, 0) is 9.68 Å². The van der Waals surface area contributed by atoms with Crippen LogP contribution in [0.3, 0.4) is 0 Å². The summed E-state index contributed by atoms with van der Waals surface area (Å²) in [5.74, 6) is -0.690. The summed E-state index contributed by atoms with van der Waals surface area (Å²) in [6, 6.07) is 0. The van der Waals surface area contributed by atoms with Crippen molar-refractivity contribution in [1.82, 2.24) is 0 Å². The molecule has 0 saturated heterocycles. The van der Waals surface area contributed by atoms with E-state index < -0.39 is 5.97 Å². The van der Waals surface area contributed by atoms with Crippen molar-refractivity contribution in [3.63, 3.8) is 0 Å². The molecule has 2 N–H and O–H groups in total. The standard InChI is InChI=1S/C18H30O4/c19-18(20)16-14-12-10-8-6-4-2-1-3-5-7-9-11-13-15-17-22-21/h1-3,5,11,13,21H,4,6-10,12,14-17H2,(H,19,20)/b2-1-,5-3?,13-11-. The van der Waals surface area contributed by atoms with Crippen molar-refractivity contribution >= 4 is 5.97 Å². The van der Waals surface area contributed by atoms with E-state index in [1.165, 1.54) is 12.8 Å². The lowest BCUT2D eigenvalue weighted by atomic mass is 10.1. The van der Waals surface area contributed by atoms with Crippen molar-refractivity contribution in [2.24, 2.45) is 0 Å². The molecule has 0 rings (SSSR count). The lowest BCUT2D eigenvalue weighted by molar-refractivity contribution is -0.240. The van der Waals surface area contributed by atoms with Gasteiger partial charge in [-0.2, -0.15) is 0 Å². The first-order chi connectivity index (χ1) is 10.8. The minimum absolute atomic E-state index is 0.301. The van der Waals surface area contributed by atoms with Crippen molar-refractivity contribution in [1.29, 1.82) is 0 Å². The third-order valence-corrected chi connectivity index (χ3v) is 3.19. The van der Waals surface area contributed by atoms with Gasteiger partial charge in [0.2, 0.25) is 0 Å². The Morgan fingerprint density at radius 1 is 0.773 bits per heavy atom. The molecule has 0 heterocycles. The Balaban J connectivity index is 3.27. The van der Waals surface area contributed by atoms with Crippen LogP contribution in [0.5, 0.6) is 0 Å². The monoisotopic (exact) mass is 310 g/mol. The summed E-state index contributed by atoms with van der Waals surface area (Å²) in [6.45, 7) is 0.356. The summed E-state index contributed by atoms with van der Waals surface area (Å²) in [4.78, 5) is 14.3. The van der Waals surface area contributed by atoms with Crippen LogP contribution in [-0.4, -0.2) is 22.9 Å². The van der Waals surface area contributed by atoms with Gasteiger partial charge in [-0.3, -0.25) is 10.1 Å². The maximum Gasteiger partial charge on any atom is 0.303 e. The number of hydrogen-bond acceptors (Lipinski definition) is 3. The van der Waals surface area contributed by atoms with Gasteiger partial charge in [-0.25, -0.2) is 4.89 Å². The van der Waals surface area contributed by atoms with Gasteiger partial charge >= 0.3 is 5.97 Å². The fourth-order valence-electron chi connectivity index (χ4n) is 1.97. The molecule has 0 saturated carbocycles. The molecule has 4 nitrogen and oxygen atoms in total. The molecule has 22 heavy (non-hydrogen) atoms. The lowest BCUT2D eigenvalue weighted by Crippen LogP contribution is -1.93. The quantitative estimate of drug-likeness (QED) is 0.145. The normalized spacial score (nSPS) is 12.0. The van der Waals surface area contributed by atoms with Crippen LogP contribution in [0.15, 0.2) is 36.5 Å². The molecule has 0 fully saturated rings. The number of hydrogen-bond donors (Lipinski definition) is 2. The summed E-state index contributed by atoms with van der Waals surface area (Å²) in [5, 5.41) is 16.6. The van der Waals surface area contributed by atoms with Crippen LogP contribution < -0.4 is 0 Å². The zero-order valence-corrected chi connectivity index (χ0v) is 13.5. The van der Waals surface area contributed by atoms with Gasteiger partial charge in [0, 0.05) is 6.42 Å². The number of rotatable bonds is 15. The molecule has 0 unspecified atom stereocenters. The molecule has 0 aromatic carbocycles. The highest BCUT2D eigenvalue weighted by atomic mass is 17.1. The Labute approximate surface area is 134 Å². The minimum atomic E-state index is -0.690. The number of allylic oxidation sites excluding steroid dienone is 5. The second-order valence-corrected chi connectivity index (χ2v) is 5.23. The Morgan fingerprint density at radius 2 is 1.36 bits per heavy atom. The molecule has 0 amide bonds. The third-order valence-electron chi connectivity index (χ3n) is 3.19. The van der Waals surface area contributed by atoms with E-state index >= 15 is 0 Å². The van der Waals surface area contributed by atoms with E-state index in [9.17, 15) is 4.79 Å². The highest BCUT2D eigenvalue weighted by Crippen LogP contribution is 2.07. The SMILES string of the molecule is O=C(O)CCCCCCC/C=C\C=CCC/C=C\CCOO. The number of carboxylic acids is 1. The smallest absolute Gasteiger partial charge is 0.303 e. The van der Waals surface area contributed by atoms with Crippen molar-refractivity contribution < 1.29 is 20.0 Å². The fourth-order valence-corrected chi connectivity index (χ4v) is 1.97. The van der Waals surface area contributed by atoms with Crippen LogP contribution in [0, 0.1) is 0 Å². The van der Waals surface area contributed by atoms with Gasteiger partial charge in [0.15, 0.2) is 0 Å². The van der Waals surface area contributed by atoms with Gasteiger partial charge in [-0.05, 0) is 38.5 Å². The van der Waals surface area contributed by atoms with Crippen LogP contribution in [0.4, 0.5) is 0 Å². The first kappa shape index (κ1) is 20.6. The molecule has 0 aliphatic heterocycles. The van der Waals surface area contributed by atoms with Crippen LogP contribution in [0.2, 0.25) is 0 Å². The molecule has 0 bridgehead atoms. The summed E-state index contributed by atoms with van der Waals surface area (Å²) in [5.41, 5.74) is 0. The van der Waals surface area contributed by atoms with E-state index in [1.807, 2.05) is 6.08 Å². The van der Waals surface area contributed by atoms with Gasteiger partial charge in [-0.15, -0.1) is 0 Å². The Bertz CT molecular complexity index is 332. The maximum absolute atomic E-state index is 10.3. The largest absolute Gasteiger partial charge is 0.481 e. The first-order valence-corrected chi connectivity index (χ1v) is 8.22. The molecule has 0 aromatic heterocycles. The summed E-state index contributed by atoms with van der Waals surface area (Å²) in [7, 11) is 0. The second kappa shape index (κ2) is 17.7. The van der Waals surface area contributed by atoms with Crippen LogP contribution >= 0.6 is 0 Å². The van der Waals surface area contributed by atoms with Gasteiger partial charge in [0.05, 0.1) is 6.61 Å². The Hall–Kier alpha value is -1.39. The number of unbranched alkanes of at least 4 members (excludes halogenated alkanes) is 6. The molecular weight excluding hydrogens is 280 g/mol. The average molecular weight is 310 g/mol. The Morgan fingerprint density at radius 3 is 2.09 bits per heavy atom. The molecule has 0 aromatic rings. The van der Waals surface area contributed by atoms with Crippen molar-refractivity contribution in [3.8, 4) is 0 Å². The fraction of sp³-hybridized carbons (Fsp3) is 0.611. The first-order valence-electron chi connectivity index (χ1n) is 8.22. The number of aliphatic carboxylic acids is 1. The van der Waals surface area contributed by atoms with E-state index in [0.29, 0.717) is 13.0 Å². The van der Waals surface area contributed by atoms with Crippen molar-refractivity contribution in [3.05, 3.63) is 36.5 Å². The van der Waals surface area contributed by atoms with E-state index in [0.717, 1.165) is 44.9 Å². The summed E-state index contributed by atoms with van der Waals surface area (Å²) in [6.07, 6.45) is 22.1. The van der Waals surface area contributed by atoms with E-state index in [-0.39, 0.29) is 0 Å². The highest BCUT2D eigenvalue weighted by molar-refractivity contribution is 5.66. The van der Waals surface area contributed by atoms with Gasteiger partial charge in [-0.1, -0.05) is 55.7 Å². The second-order valence-electron chi connectivity index (χ2n) is 5.23. The summed E-state index contributed by atoms with van der Waals surface area (Å²) < 4.78 is 0. The van der Waals surface area contributed by atoms with E-state index in [4.69, 9.17) is 10.4 Å². The molecule has 0 radical (unpaired) electrons. The van der Waals surface area contributed by atoms with E-state index in [1.54, 1.807) is 0 Å². The molecule has 4 heteroatoms. The molecule has 126 valence electrons. The van der Waals surface area contributed by atoms with Crippen LogP contribution in [0.25, 0.3) is 0 Å². The zero-order chi connectivity index (χ0) is 16.3. The number of carbonyl (C=O) groups is 1. The summed E-state index contributed by atoms with van der Waals surface area (Å²) >= 11 is 0. The number of carboxylic acid groups (broad SMARTS) is 1. The lowest BCUT2D eigenvalue weighted by Gasteiger charge is -1.97. The molecule has 0 spiro atoms. The Kier molecular flexibility index (Phi) is 16.5. The minimum Gasteiger partial charge on any atom is -0.481 e. The van der Waals surface area contributed by atoms with Crippen molar-refractivity contribution in [2.45, 2.75) is 64.2 Å². The van der Waals surface area contributed by atoms with Gasteiger partial charge in [0.25, 0.3) is 0 Å². The molecular formula is C18H30O4. The van der Waals surface area contributed by atoms with Gasteiger partial charge < -0.3 is 5.11 Å². The predicted molar refractivity (Wildman–Crippen MR) is 89.8 cm³/mol. The van der Waals surface area contributed by atoms with Crippen LogP contribution in [0.1, 0.15) is 64.2 Å². The van der Waals surface area contributed by atoms with E-state index in [2.05, 4.69) is 35.3 Å². The topological polar surface area (TPSA) is 66.8 Å². The molecule has 0 aliphatic carbocycles. The van der Waals surface area contributed by atoms with Gasteiger partial charge in [0.1, 0.15) is 0 Å². The third kappa shape index (κ3) is 18.6. The highest BCUT2D eigenvalue weighted by Gasteiger charge is 1.95. The molecule has 0 atom stereocenters.